The molecule has 1 aliphatic heterocycles. The monoisotopic (exact) mass is 334 g/mol. The zero-order valence-corrected chi connectivity index (χ0v) is 14.0. The van der Waals surface area contributed by atoms with E-state index in [-0.39, 0.29) is 12.5 Å². The first-order valence-electron chi connectivity index (χ1n) is 7.74. The van der Waals surface area contributed by atoms with E-state index in [4.69, 9.17) is 4.74 Å². The number of rotatable bonds is 5. The fraction of sp³-hybridized carbons (Fsp3) is 0.471. The third-order valence-electron chi connectivity index (χ3n) is 3.69. The van der Waals surface area contributed by atoms with E-state index in [2.05, 4.69) is 10.6 Å². The molecule has 3 N–H and O–H groups in total. The minimum absolute atomic E-state index is 0.270. The van der Waals surface area contributed by atoms with Crippen LogP contribution in [-0.2, 0) is 20.8 Å². The Morgan fingerprint density at radius 2 is 2.00 bits per heavy atom. The summed E-state index contributed by atoms with van der Waals surface area (Å²) >= 11 is 0. The lowest BCUT2D eigenvalue weighted by Gasteiger charge is -2.19. The lowest BCUT2D eigenvalue weighted by atomic mass is 9.96. The van der Waals surface area contributed by atoms with E-state index in [0.29, 0.717) is 18.6 Å². The highest BCUT2D eigenvalue weighted by Gasteiger charge is 2.26. The average Bonchev–Trinajstić information content (AvgIpc) is 2.96. The van der Waals surface area contributed by atoms with Crippen LogP contribution in [0.4, 0.5) is 0 Å². The molecule has 1 atom stereocenters. The van der Waals surface area contributed by atoms with Gasteiger partial charge in [-0.25, -0.2) is 4.79 Å². The van der Waals surface area contributed by atoms with Gasteiger partial charge in [0.15, 0.2) is 6.04 Å². The van der Waals surface area contributed by atoms with Crippen LogP contribution in [0.25, 0.3) is 0 Å². The average molecular weight is 334 g/mol. The van der Waals surface area contributed by atoms with Crippen molar-refractivity contribution in [2.24, 2.45) is 5.41 Å². The maximum absolute atomic E-state index is 12.0. The maximum atomic E-state index is 12.0. The van der Waals surface area contributed by atoms with Crippen LogP contribution in [-0.4, -0.2) is 36.0 Å². The van der Waals surface area contributed by atoms with E-state index in [0.717, 1.165) is 11.3 Å². The van der Waals surface area contributed by atoms with Gasteiger partial charge in [-0.15, -0.1) is 0 Å². The van der Waals surface area contributed by atoms with Gasteiger partial charge in [-0.2, -0.15) is 0 Å². The zero-order chi connectivity index (χ0) is 17.9. The number of fused-ring (bicyclic) bond motifs is 1. The maximum Gasteiger partial charge on any atom is 0.330 e. The lowest BCUT2D eigenvalue weighted by Crippen LogP contribution is -2.43. The SMILES string of the molecule is CC(C)(C)C(=O)NCC(=O)NC(C(=O)O)c1ccc2c(c1)CCO2. The first kappa shape index (κ1) is 17.8. The molecule has 0 saturated heterocycles. The Bertz CT molecular complexity index is 663. The molecule has 0 bridgehead atoms. The predicted molar refractivity (Wildman–Crippen MR) is 86.6 cm³/mol. The first-order chi connectivity index (χ1) is 11.2. The van der Waals surface area contributed by atoms with E-state index < -0.39 is 23.3 Å². The lowest BCUT2D eigenvalue weighted by molar-refractivity contribution is -0.142. The van der Waals surface area contributed by atoms with Crippen LogP contribution in [0.3, 0.4) is 0 Å². The van der Waals surface area contributed by atoms with Crippen molar-refractivity contribution in [2.75, 3.05) is 13.2 Å². The van der Waals surface area contributed by atoms with Crippen molar-refractivity contribution < 1.29 is 24.2 Å². The third kappa shape index (κ3) is 4.24. The van der Waals surface area contributed by atoms with Crippen LogP contribution >= 0.6 is 0 Å². The summed E-state index contributed by atoms with van der Waals surface area (Å²) in [6.45, 7) is 5.49. The summed E-state index contributed by atoms with van der Waals surface area (Å²) in [7, 11) is 0. The minimum atomic E-state index is -1.17. The van der Waals surface area contributed by atoms with E-state index in [9.17, 15) is 19.5 Å². The van der Waals surface area contributed by atoms with Gasteiger partial charge in [-0.3, -0.25) is 9.59 Å². The van der Waals surface area contributed by atoms with Gasteiger partial charge in [0, 0.05) is 11.8 Å². The van der Waals surface area contributed by atoms with Crippen LogP contribution < -0.4 is 15.4 Å². The number of carboxylic acid groups (broad SMARTS) is 1. The smallest absolute Gasteiger partial charge is 0.330 e. The number of carboxylic acids is 1. The van der Waals surface area contributed by atoms with Gasteiger partial charge in [-0.05, 0) is 23.3 Å². The molecule has 0 fully saturated rings. The summed E-state index contributed by atoms with van der Waals surface area (Å²) in [5.41, 5.74) is 0.781. The van der Waals surface area contributed by atoms with Crippen LogP contribution in [0.2, 0.25) is 0 Å². The molecule has 0 spiro atoms. The molecule has 2 amide bonds. The van der Waals surface area contributed by atoms with E-state index in [1.54, 1.807) is 39.0 Å². The molecule has 1 aromatic rings. The molecule has 1 aromatic carbocycles. The topological polar surface area (TPSA) is 105 Å². The molecule has 0 saturated carbocycles. The summed E-state index contributed by atoms with van der Waals surface area (Å²) in [5.74, 6) is -1.26. The quantitative estimate of drug-likeness (QED) is 0.746. The molecule has 130 valence electrons. The van der Waals surface area contributed by atoms with Crippen LogP contribution in [0.5, 0.6) is 5.75 Å². The summed E-state index contributed by atoms with van der Waals surface area (Å²) in [5, 5.41) is 14.3. The van der Waals surface area contributed by atoms with Crippen LogP contribution in [0.15, 0.2) is 18.2 Å². The third-order valence-corrected chi connectivity index (χ3v) is 3.69. The predicted octanol–water partition coefficient (Wildman–Crippen LogP) is 1.03. The van der Waals surface area contributed by atoms with Crippen molar-refractivity contribution in [2.45, 2.75) is 33.2 Å². The van der Waals surface area contributed by atoms with Crippen molar-refractivity contribution in [1.29, 1.82) is 0 Å². The molecule has 7 heteroatoms. The molecule has 24 heavy (non-hydrogen) atoms. The van der Waals surface area contributed by atoms with Gasteiger partial charge in [0.05, 0.1) is 13.2 Å². The van der Waals surface area contributed by atoms with Gasteiger partial charge >= 0.3 is 5.97 Å². The van der Waals surface area contributed by atoms with Gasteiger partial charge in [0.2, 0.25) is 11.8 Å². The van der Waals surface area contributed by atoms with Crippen molar-refractivity contribution in [3.05, 3.63) is 29.3 Å². The summed E-state index contributed by atoms with van der Waals surface area (Å²) in [4.78, 5) is 35.2. The molecule has 1 heterocycles. The summed E-state index contributed by atoms with van der Waals surface area (Å²) < 4.78 is 5.39. The molecule has 1 unspecified atom stereocenters. The Hall–Kier alpha value is -2.57. The zero-order valence-electron chi connectivity index (χ0n) is 14.0. The Morgan fingerprint density at radius 3 is 2.62 bits per heavy atom. The van der Waals surface area contributed by atoms with Crippen molar-refractivity contribution in [3.63, 3.8) is 0 Å². The van der Waals surface area contributed by atoms with Crippen molar-refractivity contribution in [1.82, 2.24) is 10.6 Å². The van der Waals surface area contributed by atoms with Crippen LogP contribution in [0, 0.1) is 5.41 Å². The number of nitrogens with one attached hydrogen (secondary N) is 2. The first-order valence-corrected chi connectivity index (χ1v) is 7.74. The number of carbonyl (C=O) groups excluding carboxylic acids is 2. The molecule has 0 aliphatic carbocycles. The van der Waals surface area contributed by atoms with E-state index in [1.165, 1.54) is 0 Å². The molecule has 7 nitrogen and oxygen atoms in total. The number of hydrogen-bond acceptors (Lipinski definition) is 4. The second kappa shape index (κ2) is 6.90. The number of benzene rings is 1. The Labute approximate surface area is 140 Å². The number of ether oxygens (including phenoxy) is 1. The highest BCUT2D eigenvalue weighted by Crippen LogP contribution is 2.28. The second-order valence-electron chi connectivity index (χ2n) is 6.74. The van der Waals surface area contributed by atoms with Gasteiger partial charge in [0.1, 0.15) is 5.75 Å². The Balaban J connectivity index is 2.02. The normalized spacial score (nSPS) is 14.3. The highest BCUT2D eigenvalue weighted by molar-refractivity contribution is 5.89. The largest absolute Gasteiger partial charge is 0.493 e. The van der Waals surface area contributed by atoms with Gasteiger partial charge < -0.3 is 20.5 Å². The number of aliphatic carboxylic acids is 1. The fourth-order valence-corrected chi connectivity index (χ4v) is 2.31. The molecule has 0 aromatic heterocycles. The summed E-state index contributed by atoms with van der Waals surface area (Å²) in [6.07, 6.45) is 0.713. The summed E-state index contributed by atoms with van der Waals surface area (Å²) in [6, 6.07) is 3.89. The molecule has 2 rings (SSSR count). The van der Waals surface area contributed by atoms with Crippen LogP contribution in [0.1, 0.15) is 37.9 Å². The fourth-order valence-electron chi connectivity index (χ4n) is 2.31. The molecule has 0 radical (unpaired) electrons. The molecular weight excluding hydrogens is 312 g/mol. The molecular formula is C17H22N2O5. The minimum Gasteiger partial charge on any atom is -0.493 e. The molecule has 1 aliphatic rings. The standard InChI is InChI=1S/C17H22N2O5/c1-17(2,3)16(23)18-9-13(20)19-14(15(21)22)11-4-5-12-10(8-11)6-7-24-12/h4-5,8,14H,6-7,9H2,1-3H3,(H,18,23)(H,19,20)(H,21,22). The second-order valence-corrected chi connectivity index (χ2v) is 6.74. The highest BCUT2D eigenvalue weighted by atomic mass is 16.5. The van der Waals surface area contributed by atoms with E-state index >= 15 is 0 Å². The van der Waals surface area contributed by atoms with Crippen molar-refractivity contribution in [3.8, 4) is 5.75 Å². The number of hydrogen-bond donors (Lipinski definition) is 3. The Kier molecular flexibility index (Phi) is 5.11. The van der Waals surface area contributed by atoms with Crippen molar-refractivity contribution >= 4 is 17.8 Å². The van der Waals surface area contributed by atoms with Gasteiger partial charge in [-0.1, -0.05) is 26.8 Å². The van der Waals surface area contributed by atoms with Gasteiger partial charge in [0.25, 0.3) is 0 Å². The Morgan fingerprint density at radius 1 is 1.29 bits per heavy atom. The van der Waals surface area contributed by atoms with E-state index in [1.807, 2.05) is 0 Å². The number of carbonyl (C=O) groups is 3. The number of amides is 2.